The summed E-state index contributed by atoms with van der Waals surface area (Å²) in [5.41, 5.74) is 2.18. The Morgan fingerprint density at radius 3 is 1.83 bits per heavy atom. The van der Waals surface area contributed by atoms with Gasteiger partial charge in [-0.2, -0.15) is 0 Å². The van der Waals surface area contributed by atoms with Crippen molar-refractivity contribution in [2.75, 3.05) is 0 Å². The van der Waals surface area contributed by atoms with Crippen LogP contribution in [-0.4, -0.2) is 10.2 Å². The van der Waals surface area contributed by atoms with Gasteiger partial charge in [0.1, 0.15) is 11.5 Å². The molecule has 2 N–H and O–H groups in total. The minimum absolute atomic E-state index is 0.209. The summed E-state index contributed by atoms with van der Waals surface area (Å²) in [4.78, 5) is 0. The molecule has 0 radical (unpaired) electrons. The standard InChI is InChI=1S/C21H15IO2/c1-12-10-13-6-2-4-8-15(13)18(20(12)23)19-16-9-5-3-7-14(16)11-17(22)21(19)24/h2-11,23-24H,1H3. The predicted octanol–water partition coefficient (Wildman–Crippen LogP) is 5.98. The highest BCUT2D eigenvalue weighted by atomic mass is 127. The molecule has 0 aliphatic rings. The van der Waals surface area contributed by atoms with E-state index >= 15 is 0 Å². The first kappa shape index (κ1) is 15.3. The Labute approximate surface area is 153 Å². The van der Waals surface area contributed by atoms with E-state index in [1.54, 1.807) is 0 Å². The summed E-state index contributed by atoms with van der Waals surface area (Å²) in [6.45, 7) is 1.89. The van der Waals surface area contributed by atoms with Gasteiger partial charge in [-0.25, -0.2) is 0 Å². The van der Waals surface area contributed by atoms with E-state index in [1.807, 2.05) is 67.6 Å². The zero-order chi connectivity index (χ0) is 16.8. The van der Waals surface area contributed by atoms with E-state index in [9.17, 15) is 10.2 Å². The Bertz CT molecular complexity index is 1010. The lowest BCUT2D eigenvalue weighted by Crippen LogP contribution is -1.90. The van der Waals surface area contributed by atoms with Gasteiger partial charge in [-0.1, -0.05) is 48.5 Å². The minimum Gasteiger partial charge on any atom is -0.507 e. The molecule has 4 aromatic rings. The van der Waals surface area contributed by atoms with Crippen molar-refractivity contribution in [3.05, 3.63) is 69.8 Å². The molecule has 0 aliphatic carbocycles. The van der Waals surface area contributed by atoms with Crippen LogP contribution in [0.3, 0.4) is 0 Å². The minimum atomic E-state index is 0.209. The molecule has 0 saturated heterocycles. The van der Waals surface area contributed by atoms with Gasteiger partial charge in [0.15, 0.2) is 0 Å². The van der Waals surface area contributed by atoms with Gasteiger partial charge in [0, 0.05) is 11.1 Å². The number of fused-ring (bicyclic) bond motifs is 2. The lowest BCUT2D eigenvalue weighted by molar-refractivity contribution is 0.466. The van der Waals surface area contributed by atoms with Gasteiger partial charge in [0.25, 0.3) is 0 Å². The molecular weight excluding hydrogens is 411 g/mol. The first-order valence-electron chi connectivity index (χ1n) is 7.70. The van der Waals surface area contributed by atoms with Crippen molar-refractivity contribution in [1.29, 1.82) is 0 Å². The molecule has 4 rings (SSSR count). The third-order valence-corrected chi connectivity index (χ3v) is 5.26. The highest BCUT2D eigenvalue weighted by Gasteiger charge is 2.20. The molecule has 0 unspecified atom stereocenters. The van der Waals surface area contributed by atoms with E-state index in [2.05, 4.69) is 22.6 Å². The van der Waals surface area contributed by atoms with E-state index in [4.69, 9.17) is 0 Å². The van der Waals surface area contributed by atoms with Crippen molar-refractivity contribution in [3.8, 4) is 22.6 Å². The highest BCUT2D eigenvalue weighted by molar-refractivity contribution is 14.1. The molecule has 0 atom stereocenters. The summed E-state index contributed by atoms with van der Waals surface area (Å²) in [7, 11) is 0. The molecule has 2 nitrogen and oxygen atoms in total. The molecule has 0 saturated carbocycles. The third-order valence-electron chi connectivity index (χ3n) is 4.44. The van der Waals surface area contributed by atoms with Crippen LogP contribution >= 0.6 is 22.6 Å². The van der Waals surface area contributed by atoms with Crippen molar-refractivity contribution in [2.45, 2.75) is 6.92 Å². The van der Waals surface area contributed by atoms with E-state index in [0.717, 1.165) is 30.7 Å². The quantitative estimate of drug-likeness (QED) is 0.368. The molecular formula is C21H15IO2. The molecule has 0 amide bonds. The van der Waals surface area contributed by atoms with Crippen molar-refractivity contribution < 1.29 is 10.2 Å². The number of aromatic hydroxyl groups is 2. The maximum absolute atomic E-state index is 10.8. The normalized spacial score (nSPS) is 11.2. The van der Waals surface area contributed by atoms with Crippen molar-refractivity contribution in [3.63, 3.8) is 0 Å². The summed E-state index contributed by atoms with van der Waals surface area (Å²) < 4.78 is 0.770. The fourth-order valence-corrected chi connectivity index (χ4v) is 3.89. The number of phenolic OH excluding ortho intramolecular Hbond substituents is 2. The molecule has 4 aromatic carbocycles. The third kappa shape index (κ3) is 2.23. The van der Waals surface area contributed by atoms with Crippen LogP contribution < -0.4 is 0 Å². The lowest BCUT2D eigenvalue weighted by atomic mass is 9.91. The fraction of sp³-hybridized carbons (Fsp3) is 0.0476. The van der Waals surface area contributed by atoms with Crippen LogP contribution in [-0.2, 0) is 0 Å². The number of rotatable bonds is 1. The predicted molar refractivity (Wildman–Crippen MR) is 108 cm³/mol. The molecule has 0 bridgehead atoms. The van der Waals surface area contributed by atoms with Crippen LogP contribution in [0.4, 0.5) is 0 Å². The molecule has 0 aromatic heterocycles. The zero-order valence-electron chi connectivity index (χ0n) is 13.0. The number of halogens is 1. The van der Waals surface area contributed by atoms with Gasteiger partial charge >= 0.3 is 0 Å². The number of benzene rings is 4. The van der Waals surface area contributed by atoms with Gasteiger partial charge in [0.05, 0.1) is 3.57 Å². The van der Waals surface area contributed by atoms with Crippen LogP contribution in [0.5, 0.6) is 11.5 Å². The maximum Gasteiger partial charge on any atom is 0.137 e. The van der Waals surface area contributed by atoms with Crippen molar-refractivity contribution in [1.82, 2.24) is 0 Å². The van der Waals surface area contributed by atoms with Crippen LogP contribution in [0.15, 0.2) is 60.7 Å². The number of aryl methyl sites for hydroxylation is 1. The van der Waals surface area contributed by atoms with E-state index in [1.165, 1.54) is 0 Å². The molecule has 0 aliphatic heterocycles. The Balaban J connectivity index is 2.26. The van der Waals surface area contributed by atoms with Gasteiger partial charge in [-0.15, -0.1) is 0 Å². The van der Waals surface area contributed by atoms with Crippen LogP contribution in [0.25, 0.3) is 32.7 Å². The van der Waals surface area contributed by atoms with E-state index < -0.39 is 0 Å². The highest BCUT2D eigenvalue weighted by Crippen LogP contribution is 2.47. The summed E-state index contributed by atoms with van der Waals surface area (Å²) in [6, 6.07) is 19.8. The first-order valence-corrected chi connectivity index (χ1v) is 8.77. The Morgan fingerprint density at radius 2 is 1.21 bits per heavy atom. The largest absolute Gasteiger partial charge is 0.507 e. The summed E-state index contributed by atoms with van der Waals surface area (Å²) in [6.07, 6.45) is 0. The number of phenols is 2. The fourth-order valence-electron chi connectivity index (χ4n) is 3.29. The van der Waals surface area contributed by atoms with Gasteiger partial charge in [-0.05, 0) is 68.8 Å². The molecule has 3 heteroatoms. The van der Waals surface area contributed by atoms with Crippen LogP contribution in [0, 0.1) is 10.5 Å². The topological polar surface area (TPSA) is 40.5 Å². The van der Waals surface area contributed by atoms with Crippen molar-refractivity contribution in [2.24, 2.45) is 0 Å². The molecule has 0 heterocycles. The van der Waals surface area contributed by atoms with Crippen LogP contribution in [0.1, 0.15) is 5.56 Å². The van der Waals surface area contributed by atoms with Gasteiger partial charge < -0.3 is 10.2 Å². The SMILES string of the molecule is Cc1cc2ccccc2c(-c2c(O)c(I)cc3ccccc23)c1O. The van der Waals surface area contributed by atoms with Crippen molar-refractivity contribution >= 4 is 44.1 Å². The average molecular weight is 426 g/mol. The second-order valence-corrected chi connectivity index (χ2v) is 7.10. The molecule has 0 fully saturated rings. The smallest absolute Gasteiger partial charge is 0.137 e. The zero-order valence-corrected chi connectivity index (χ0v) is 15.2. The van der Waals surface area contributed by atoms with E-state index in [-0.39, 0.29) is 11.5 Å². The molecule has 0 spiro atoms. The van der Waals surface area contributed by atoms with Gasteiger partial charge in [0.2, 0.25) is 0 Å². The monoisotopic (exact) mass is 426 g/mol. The second-order valence-electron chi connectivity index (χ2n) is 5.94. The Kier molecular flexibility index (Phi) is 3.61. The summed E-state index contributed by atoms with van der Waals surface area (Å²) in [5.74, 6) is 0.427. The second kappa shape index (κ2) is 5.67. The number of hydrogen-bond acceptors (Lipinski definition) is 2. The van der Waals surface area contributed by atoms with Gasteiger partial charge in [-0.3, -0.25) is 0 Å². The summed E-state index contributed by atoms with van der Waals surface area (Å²) in [5, 5.41) is 25.6. The lowest BCUT2D eigenvalue weighted by Gasteiger charge is -2.16. The van der Waals surface area contributed by atoms with E-state index in [0.29, 0.717) is 11.1 Å². The van der Waals surface area contributed by atoms with Crippen LogP contribution in [0.2, 0.25) is 0 Å². The maximum atomic E-state index is 10.8. The molecule has 118 valence electrons. The number of hydrogen-bond donors (Lipinski definition) is 2. The average Bonchev–Trinajstić information content (AvgIpc) is 2.58. The first-order chi connectivity index (χ1) is 11.6. The Hall–Kier alpha value is -2.27. The summed E-state index contributed by atoms with van der Waals surface area (Å²) >= 11 is 2.14. The Morgan fingerprint density at radius 1 is 0.708 bits per heavy atom. The molecule has 24 heavy (non-hydrogen) atoms.